The zero-order valence-corrected chi connectivity index (χ0v) is 22.7. The Hall–Kier alpha value is -3.76. The van der Waals surface area contributed by atoms with Crippen LogP contribution in [-0.2, 0) is 27.1 Å². The fourth-order valence-electron chi connectivity index (χ4n) is 5.01. The van der Waals surface area contributed by atoms with Gasteiger partial charge in [0.1, 0.15) is 17.4 Å². The van der Waals surface area contributed by atoms with Crippen LogP contribution in [0.2, 0.25) is 0 Å². The Morgan fingerprint density at radius 3 is 2.54 bits per heavy atom. The van der Waals surface area contributed by atoms with Crippen LogP contribution < -0.4 is 15.4 Å². The second kappa shape index (κ2) is 13.3. The molecule has 212 valence electrons. The standard InChI is InChI=1S/C28H39N5O6/c1-3-38-27(36)39-28(17-21-4-5-21)11-14-33(15-12-28)25(34)24(16-20-6-8-23(37-2)9-7-20)32-26(35)30-13-10-22-18-29-19-31-22/h6-9,18-19,21,24H,3-5,10-17H2,1-2H3,(H,29,31)(H2,30,32,35). The van der Waals surface area contributed by atoms with E-state index in [0.29, 0.717) is 51.2 Å². The fourth-order valence-corrected chi connectivity index (χ4v) is 5.01. The van der Waals surface area contributed by atoms with Gasteiger partial charge in [-0.3, -0.25) is 4.79 Å². The van der Waals surface area contributed by atoms with E-state index in [2.05, 4.69) is 20.6 Å². The first kappa shape index (κ1) is 28.3. The second-order valence-corrected chi connectivity index (χ2v) is 10.3. The molecule has 1 aliphatic heterocycles. The summed E-state index contributed by atoms with van der Waals surface area (Å²) in [4.78, 5) is 47.4. The topological polar surface area (TPSA) is 135 Å². The summed E-state index contributed by atoms with van der Waals surface area (Å²) in [5, 5.41) is 5.71. The van der Waals surface area contributed by atoms with E-state index in [9.17, 15) is 14.4 Å². The Kier molecular flexibility index (Phi) is 9.67. The van der Waals surface area contributed by atoms with Crippen molar-refractivity contribution in [2.24, 2.45) is 5.92 Å². The number of piperidine rings is 1. The van der Waals surface area contributed by atoms with Crippen molar-refractivity contribution >= 4 is 18.1 Å². The van der Waals surface area contributed by atoms with E-state index in [-0.39, 0.29) is 12.5 Å². The molecule has 1 unspecified atom stereocenters. The summed E-state index contributed by atoms with van der Waals surface area (Å²) in [7, 11) is 1.60. The predicted octanol–water partition coefficient (Wildman–Crippen LogP) is 3.21. The minimum Gasteiger partial charge on any atom is -0.497 e. The molecule has 2 aromatic rings. The third-order valence-electron chi connectivity index (χ3n) is 7.34. The monoisotopic (exact) mass is 541 g/mol. The van der Waals surface area contributed by atoms with Crippen LogP contribution in [0.4, 0.5) is 9.59 Å². The van der Waals surface area contributed by atoms with Gasteiger partial charge < -0.3 is 34.7 Å². The van der Waals surface area contributed by atoms with Crippen LogP contribution >= 0.6 is 0 Å². The highest BCUT2D eigenvalue weighted by molar-refractivity contribution is 5.87. The molecule has 3 amide bonds. The molecule has 0 bridgehead atoms. The first-order valence-electron chi connectivity index (χ1n) is 13.7. The van der Waals surface area contributed by atoms with Gasteiger partial charge in [-0.15, -0.1) is 0 Å². The number of aromatic amines is 1. The molecule has 1 saturated carbocycles. The molecule has 1 aliphatic carbocycles. The average molecular weight is 542 g/mol. The fraction of sp³-hybridized carbons (Fsp3) is 0.571. The number of carbonyl (C=O) groups excluding carboxylic acids is 3. The van der Waals surface area contributed by atoms with E-state index in [1.165, 1.54) is 0 Å². The molecule has 0 spiro atoms. The summed E-state index contributed by atoms with van der Waals surface area (Å²) >= 11 is 0. The number of amides is 3. The summed E-state index contributed by atoms with van der Waals surface area (Å²) in [5.41, 5.74) is 1.19. The zero-order chi connectivity index (χ0) is 27.7. The molecule has 1 aromatic heterocycles. The number of benzene rings is 1. The number of rotatable bonds is 12. The van der Waals surface area contributed by atoms with Gasteiger partial charge in [-0.25, -0.2) is 14.6 Å². The molecule has 2 heterocycles. The van der Waals surface area contributed by atoms with Gasteiger partial charge in [0.25, 0.3) is 0 Å². The van der Waals surface area contributed by atoms with Gasteiger partial charge in [-0.2, -0.15) is 0 Å². The molecule has 2 fully saturated rings. The van der Waals surface area contributed by atoms with Crippen LogP contribution in [-0.4, -0.2) is 78.0 Å². The van der Waals surface area contributed by atoms with Gasteiger partial charge in [0.15, 0.2) is 0 Å². The number of H-pyrrole nitrogens is 1. The van der Waals surface area contributed by atoms with Crippen LogP contribution in [0.25, 0.3) is 0 Å². The maximum atomic E-state index is 13.7. The van der Waals surface area contributed by atoms with Crippen molar-refractivity contribution in [3.05, 3.63) is 48.0 Å². The largest absolute Gasteiger partial charge is 0.508 e. The minimum absolute atomic E-state index is 0.161. The van der Waals surface area contributed by atoms with Crippen molar-refractivity contribution in [2.45, 2.75) is 63.5 Å². The molecule has 1 atom stereocenters. The number of aromatic nitrogens is 2. The maximum absolute atomic E-state index is 13.7. The van der Waals surface area contributed by atoms with Crippen LogP contribution in [0.3, 0.4) is 0 Å². The number of nitrogens with zero attached hydrogens (tertiary/aromatic N) is 2. The van der Waals surface area contributed by atoms with Gasteiger partial charge >= 0.3 is 12.2 Å². The molecule has 3 N–H and O–H groups in total. The third kappa shape index (κ3) is 8.36. The van der Waals surface area contributed by atoms with Crippen molar-refractivity contribution in [1.82, 2.24) is 25.5 Å². The van der Waals surface area contributed by atoms with Crippen molar-refractivity contribution in [1.29, 1.82) is 0 Å². The van der Waals surface area contributed by atoms with Crippen LogP contribution in [0.15, 0.2) is 36.8 Å². The van der Waals surface area contributed by atoms with Crippen molar-refractivity contribution in [2.75, 3.05) is 33.4 Å². The average Bonchev–Trinajstić information content (AvgIpc) is 3.58. The highest BCUT2D eigenvalue weighted by Crippen LogP contribution is 2.42. The quantitative estimate of drug-likeness (QED) is 0.351. The number of urea groups is 1. The van der Waals surface area contributed by atoms with Gasteiger partial charge in [0.05, 0.1) is 20.0 Å². The number of ether oxygens (including phenoxy) is 3. The first-order chi connectivity index (χ1) is 18.9. The number of likely N-dealkylation sites (tertiary alicyclic amines) is 1. The SMILES string of the molecule is CCOC(=O)OC1(CC2CC2)CCN(C(=O)C(Cc2ccc(OC)cc2)NC(=O)NCCc2cnc[nH]2)CC1. The molecular weight excluding hydrogens is 502 g/mol. The highest BCUT2D eigenvalue weighted by atomic mass is 16.7. The third-order valence-corrected chi connectivity index (χ3v) is 7.34. The maximum Gasteiger partial charge on any atom is 0.508 e. The lowest BCUT2D eigenvalue weighted by atomic mass is 9.85. The van der Waals surface area contributed by atoms with E-state index >= 15 is 0 Å². The smallest absolute Gasteiger partial charge is 0.497 e. The molecule has 1 aromatic carbocycles. The molecule has 11 heteroatoms. The predicted molar refractivity (Wildman–Crippen MR) is 143 cm³/mol. The second-order valence-electron chi connectivity index (χ2n) is 10.3. The van der Waals surface area contributed by atoms with Crippen LogP contribution in [0.5, 0.6) is 5.75 Å². The first-order valence-corrected chi connectivity index (χ1v) is 13.7. The van der Waals surface area contributed by atoms with E-state index in [0.717, 1.165) is 36.3 Å². The minimum atomic E-state index is -0.757. The van der Waals surface area contributed by atoms with Crippen molar-refractivity contribution in [3.63, 3.8) is 0 Å². The lowest BCUT2D eigenvalue weighted by Crippen LogP contribution is -2.56. The van der Waals surface area contributed by atoms with Gasteiger partial charge in [-0.1, -0.05) is 25.0 Å². The molecule has 1 saturated heterocycles. The van der Waals surface area contributed by atoms with Crippen LogP contribution in [0, 0.1) is 5.92 Å². The summed E-state index contributed by atoms with van der Waals surface area (Å²) < 4.78 is 16.1. The summed E-state index contributed by atoms with van der Waals surface area (Å²) in [6.45, 7) is 3.28. The summed E-state index contributed by atoms with van der Waals surface area (Å²) in [6.07, 6.45) is 7.73. The number of methoxy groups -OCH3 is 1. The number of imidazole rings is 1. The molecular formula is C28H39N5O6. The number of hydrogen-bond acceptors (Lipinski definition) is 7. The van der Waals surface area contributed by atoms with Crippen molar-refractivity contribution in [3.8, 4) is 5.75 Å². The zero-order valence-electron chi connectivity index (χ0n) is 22.7. The van der Waals surface area contributed by atoms with Crippen LogP contribution in [0.1, 0.15) is 50.3 Å². The normalized spacial score (nSPS) is 17.1. The van der Waals surface area contributed by atoms with E-state index < -0.39 is 23.8 Å². The lowest BCUT2D eigenvalue weighted by molar-refractivity contribution is -0.138. The van der Waals surface area contributed by atoms with Gasteiger partial charge in [-0.05, 0) is 37.0 Å². The summed E-state index contributed by atoms with van der Waals surface area (Å²) in [5.74, 6) is 1.11. The Balaban J connectivity index is 1.39. The number of hydrogen-bond donors (Lipinski definition) is 3. The Morgan fingerprint density at radius 2 is 1.92 bits per heavy atom. The number of carbonyl (C=O) groups is 3. The van der Waals surface area contributed by atoms with Crippen molar-refractivity contribution < 1.29 is 28.6 Å². The van der Waals surface area contributed by atoms with Gasteiger partial charge in [0.2, 0.25) is 5.91 Å². The molecule has 39 heavy (non-hydrogen) atoms. The Morgan fingerprint density at radius 1 is 1.18 bits per heavy atom. The number of nitrogens with one attached hydrogen (secondary N) is 3. The van der Waals surface area contributed by atoms with E-state index in [1.807, 2.05) is 24.3 Å². The highest BCUT2D eigenvalue weighted by Gasteiger charge is 2.44. The van der Waals surface area contributed by atoms with E-state index in [1.54, 1.807) is 31.5 Å². The Bertz CT molecular complexity index is 1080. The molecule has 4 rings (SSSR count). The lowest BCUT2D eigenvalue weighted by Gasteiger charge is -2.42. The van der Waals surface area contributed by atoms with E-state index in [4.69, 9.17) is 14.2 Å². The molecule has 0 radical (unpaired) electrons. The van der Waals surface area contributed by atoms with Gasteiger partial charge in [0, 0.05) is 57.2 Å². The summed E-state index contributed by atoms with van der Waals surface area (Å²) in [6, 6.07) is 6.28. The molecule has 2 aliphatic rings. The Labute approximate surface area is 229 Å². The molecule has 11 nitrogen and oxygen atoms in total.